The van der Waals surface area contributed by atoms with Crippen LogP contribution in [0.1, 0.15) is 5.56 Å². The minimum absolute atomic E-state index is 0.148. The van der Waals surface area contributed by atoms with Crippen LogP contribution in [-0.4, -0.2) is 4.98 Å². The minimum atomic E-state index is -0.148. The van der Waals surface area contributed by atoms with E-state index in [0.717, 1.165) is 19.5 Å². The molecule has 1 N–H and O–H groups in total. The lowest BCUT2D eigenvalue weighted by Gasteiger charge is -2.04. The van der Waals surface area contributed by atoms with E-state index in [-0.39, 0.29) is 5.56 Å². The van der Waals surface area contributed by atoms with E-state index in [0.29, 0.717) is 11.7 Å². The second kappa shape index (κ2) is 5.51. The molecule has 0 fully saturated rings. The molecule has 3 nitrogen and oxygen atoms in total. The van der Waals surface area contributed by atoms with Crippen LogP contribution in [0.5, 0.6) is 0 Å². The summed E-state index contributed by atoms with van der Waals surface area (Å²) in [5, 5.41) is 5.07. The van der Waals surface area contributed by atoms with Crippen molar-refractivity contribution in [2.24, 2.45) is 0 Å². The third-order valence-corrected chi connectivity index (χ3v) is 5.78. The molecule has 2 aromatic carbocycles. The standard InChI is InChI=1S/C17H12N2OS2/c20-16-15-14(12-8-4-5-9-13(12)21-15)22-17(19-16)18-10-11-6-2-1-3-7-11/h1-9H,10H2,(H,18,19,20). The van der Waals surface area contributed by atoms with Crippen LogP contribution in [0.15, 0.2) is 59.4 Å². The van der Waals surface area contributed by atoms with Gasteiger partial charge in [-0.3, -0.25) is 4.79 Å². The molecular weight excluding hydrogens is 312 g/mol. The number of nitrogens with one attached hydrogen (secondary N) is 1. The Bertz CT molecular complexity index is 1010. The first-order valence-electron chi connectivity index (χ1n) is 6.91. The lowest BCUT2D eigenvalue weighted by Crippen LogP contribution is -2.08. The van der Waals surface area contributed by atoms with Gasteiger partial charge in [0.1, 0.15) is 4.70 Å². The van der Waals surface area contributed by atoms with Crippen LogP contribution < -0.4 is 10.9 Å². The predicted octanol–water partition coefficient (Wildman–Crippen LogP) is 4.48. The zero-order valence-electron chi connectivity index (χ0n) is 11.6. The summed E-state index contributed by atoms with van der Waals surface area (Å²) in [4.78, 5) is 16.4. The molecule has 0 aliphatic carbocycles. The molecule has 0 radical (unpaired) electrons. The molecule has 4 rings (SSSR count). The van der Waals surface area contributed by atoms with Crippen molar-refractivity contribution in [3.05, 3.63) is 70.5 Å². The van der Waals surface area contributed by atoms with Crippen molar-refractivity contribution >= 4 is 47.3 Å². The van der Waals surface area contributed by atoms with Gasteiger partial charge in [-0.25, -0.2) is 0 Å². The summed E-state index contributed by atoms with van der Waals surface area (Å²) in [6.45, 7) is 0.664. The van der Waals surface area contributed by atoms with Gasteiger partial charge in [0.2, 0.25) is 0 Å². The second-order valence-electron chi connectivity index (χ2n) is 4.92. The zero-order valence-corrected chi connectivity index (χ0v) is 13.2. The first-order valence-corrected chi connectivity index (χ1v) is 8.55. The molecule has 108 valence electrons. The fourth-order valence-electron chi connectivity index (χ4n) is 2.38. The van der Waals surface area contributed by atoms with E-state index >= 15 is 0 Å². The summed E-state index contributed by atoms with van der Waals surface area (Å²) >= 11 is 3.06. The van der Waals surface area contributed by atoms with Crippen LogP contribution in [0.2, 0.25) is 0 Å². The highest BCUT2D eigenvalue weighted by atomic mass is 32.1. The average Bonchev–Trinajstić information content (AvgIpc) is 2.94. The van der Waals surface area contributed by atoms with E-state index in [2.05, 4.69) is 16.4 Å². The summed E-state index contributed by atoms with van der Waals surface area (Å²) in [5.74, 6) is 0. The fraction of sp³-hybridized carbons (Fsp3) is 0.0588. The number of thiophene rings is 1. The summed E-state index contributed by atoms with van der Waals surface area (Å²) in [6.07, 6.45) is 0. The number of rotatable bonds is 3. The normalized spacial score (nSPS) is 11.1. The van der Waals surface area contributed by atoms with Crippen molar-refractivity contribution in [3.63, 3.8) is 0 Å². The van der Waals surface area contributed by atoms with Gasteiger partial charge in [0.05, 0.1) is 4.70 Å². The van der Waals surface area contributed by atoms with Crippen molar-refractivity contribution in [2.45, 2.75) is 6.54 Å². The van der Waals surface area contributed by atoms with Gasteiger partial charge in [0.25, 0.3) is 5.56 Å². The minimum Gasteiger partial charge on any atom is -0.357 e. The van der Waals surface area contributed by atoms with Gasteiger partial charge in [0.15, 0.2) is 5.13 Å². The van der Waals surface area contributed by atoms with Gasteiger partial charge < -0.3 is 5.32 Å². The van der Waals surface area contributed by atoms with Gasteiger partial charge in [-0.15, -0.1) is 11.3 Å². The molecule has 0 unspecified atom stereocenters. The highest BCUT2D eigenvalue weighted by Crippen LogP contribution is 2.35. The maximum absolute atomic E-state index is 12.2. The van der Waals surface area contributed by atoms with E-state index in [1.165, 1.54) is 16.9 Å². The Balaban J connectivity index is 1.76. The molecule has 22 heavy (non-hydrogen) atoms. The average molecular weight is 324 g/mol. The van der Waals surface area contributed by atoms with Gasteiger partial charge in [-0.05, 0) is 11.6 Å². The SMILES string of the molecule is O=c1nc(NCc2ccccc2)sc2c1sc1ccccc12. The predicted molar refractivity (Wildman–Crippen MR) is 95.0 cm³/mol. The number of nitrogens with zero attached hydrogens (tertiary/aromatic N) is 1. The lowest BCUT2D eigenvalue weighted by molar-refractivity contribution is 1.12. The molecule has 0 saturated carbocycles. The Kier molecular flexibility index (Phi) is 3.36. The van der Waals surface area contributed by atoms with Gasteiger partial charge in [-0.1, -0.05) is 59.9 Å². The molecule has 5 heteroatoms. The van der Waals surface area contributed by atoms with Crippen LogP contribution in [0.4, 0.5) is 5.13 Å². The Morgan fingerprint density at radius 2 is 1.68 bits per heavy atom. The quantitative estimate of drug-likeness (QED) is 0.604. The van der Waals surface area contributed by atoms with Gasteiger partial charge >= 0.3 is 0 Å². The van der Waals surface area contributed by atoms with E-state index < -0.39 is 0 Å². The van der Waals surface area contributed by atoms with E-state index in [9.17, 15) is 4.79 Å². The van der Waals surface area contributed by atoms with Crippen molar-refractivity contribution < 1.29 is 0 Å². The molecule has 0 spiro atoms. The van der Waals surface area contributed by atoms with Gasteiger partial charge in [0, 0.05) is 16.6 Å². The third-order valence-electron chi connectivity index (χ3n) is 3.43. The largest absolute Gasteiger partial charge is 0.357 e. The van der Waals surface area contributed by atoms with Crippen molar-refractivity contribution in [1.29, 1.82) is 0 Å². The Morgan fingerprint density at radius 3 is 2.55 bits per heavy atom. The third kappa shape index (κ3) is 2.38. The van der Waals surface area contributed by atoms with Crippen LogP contribution >= 0.6 is 22.7 Å². The highest BCUT2D eigenvalue weighted by Gasteiger charge is 2.11. The molecule has 0 atom stereocenters. The number of hydrogen-bond donors (Lipinski definition) is 1. The first-order chi connectivity index (χ1) is 10.8. The second-order valence-corrected chi connectivity index (χ2v) is 6.97. The first kappa shape index (κ1) is 13.4. The number of hydrogen-bond acceptors (Lipinski definition) is 5. The molecule has 2 aromatic heterocycles. The molecular formula is C17H12N2OS2. The highest BCUT2D eigenvalue weighted by molar-refractivity contribution is 7.32. The van der Waals surface area contributed by atoms with Crippen LogP contribution in [0.3, 0.4) is 0 Å². The summed E-state index contributed by atoms with van der Waals surface area (Å²) < 4.78 is 2.90. The van der Waals surface area contributed by atoms with E-state index in [4.69, 9.17) is 0 Å². The molecule has 0 bridgehead atoms. The fourth-order valence-corrected chi connectivity index (χ4v) is 4.61. The summed E-state index contributed by atoms with van der Waals surface area (Å²) in [7, 11) is 0. The lowest BCUT2D eigenvalue weighted by atomic mass is 10.2. The zero-order chi connectivity index (χ0) is 14.9. The number of anilines is 1. The van der Waals surface area contributed by atoms with Gasteiger partial charge in [-0.2, -0.15) is 4.98 Å². The number of benzene rings is 2. The molecule has 0 saturated heterocycles. The summed E-state index contributed by atoms with van der Waals surface area (Å²) in [6, 6.07) is 18.2. The maximum Gasteiger partial charge on any atom is 0.291 e. The monoisotopic (exact) mass is 324 g/mol. The molecule has 0 aliphatic heterocycles. The van der Waals surface area contributed by atoms with Crippen molar-refractivity contribution in [1.82, 2.24) is 4.98 Å². The number of fused-ring (bicyclic) bond motifs is 3. The smallest absolute Gasteiger partial charge is 0.291 e. The molecule has 2 heterocycles. The maximum atomic E-state index is 12.2. The molecule has 0 aliphatic rings. The Hall–Kier alpha value is -2.24. The van der Waals surface area contributed by atoms with E-state index in [1.54, 1.807) is 11.3 Å². The Morgan fingerprint density at radius 1 is 0.909 bits per heavy atom. The topological polar surface area (TPSA) is 42.0 Å². The molecule has 0 amide bonds. The number of aromatic nitrogens is 1. The van der Waals surface area contributed by atoms with Crippen molar-refractivity contribution in [2.75, 3.05) is 5.32 Å². The molecule has 4 aromatic rings. The summed E-state index contributed by atoms with van der Waals surface area (Å²) in [5.41, 5.74) is 1.02. The van der Waals surface area contributed by atoms with Crippen LogP contribution in [0, 0.1) is 0 Å². The Labute approximate surface area is 134 Å². The van der Waals surface area contributed by atoms with Crippen molar-refractivity contribution in [3.8, 4) is 0 Å². The van der Waals surface area contributed by atoms with E-state index in [1.807, 2.05) is 48.5 Å². The van der Waals surface area contributed by atoms with Crippen LogP contribution in [0.25, 0.3) is 19.5 Å². The van der Waals surface area contributed by atoms with Crippen LogP contribution in [-0.2, 0) is 6.54 Å².